The minimum Gasteiger partial charge on any atom is -0.504 e. The Morgan fingerprint density at radius 1 is 1.33 bits per heavy atom. The zero-order chi connectivity index (χ0) is 17.3. The van der Waals surface area contributed by atoms with Crippen molar-refractivity contribution in [2.24, 2.45) is 0 Å². The van der Waals surface area contributed by atoms with Crippen LogP contribution in [0.1, 0.15) is 18.1 Å². The first-order valence-electron chi connectivity index (χ1n) is 7.55. The van der Waals surface area contributed by atoms with E-state index in [1.807, 2.05) is 19.1 Å². The van der Waals surface area contributed by atoms with E-state index in [2.05, 4.69) is 13.2 Å². The van der Waals surface area contributed by atoms with Crippen molar-refractivity contribution < 1.29 is 18.7 Å². The molecule has 1 N–H and O–H groups in total. The Labute approximate surface area is 138 Å². The van der Waals surface area contributed by atoms with Crippen molar-refractivity contribution in [3.05, 3.63) is 70.6 Å². The first kappa shape index (κ1) is 15.9. The summed E-state index contributed by atoms with van der Waals surface area (Å²) in [5.41, 5.74) is 1.58. The summed E-state index contributed by atoms with van der Waals surface area (Å²) in [6.07, 6.45) is 1.54. The van der Waals surface area contributed by atoms with Crippen molar-refractivity contribution in [1.82, 2.24) is 0 Å². The predicted octanol–water partition coefficient (Wildman–Crippen LogP) is 3.74. The maximum Gasteiger partial charge on any atom is 0.177 e. The number of hydrogen-bond donors (Lipinski definition) is 1. The van der Waals surface area contributed by atoms with Crippen molar-refractivity contribution in [2.75, 3.05) is 6.61 Å². The molecule has 0 fully saturated rings. The molecule has 0 spiro atoms. The van der Waals surface area contributed by atoms with E-state index in [0.29, 0.717) is 34.3 Å². The maximum atomic E-state index is 13.6. The number of rotatable bonds is 4. The molecule has 1 aromatic heterocycles. The average molecular weight is 324 g/mol. The molecule has 0 unspecified atom stereocenters. The van der Waals surface area contributed by atoms with Gasteiger partial charge in [0.25, 0.3) is 0 Å². The zero-order valence-corrected chi connectivity index (χ0v) is 13.3. The molecular formula is C20H17FO3. The quantitative estimate of drug-likeness (QED) is 0.795. The lowest BCUT2D eigenvalue weighted by Crippen LogP contribution is -2.22. The van der Waals surface area contributed by atoms with Gasteiger partial charge in [0.15, 0.2) is 22.5 Å². The fourth-order valence-electron chi connectivity index (χ4n) is 2.64. The van der Waals surface area contributed by atoms with E-state index in [-0.39, 0.29) is 11.2 Å². The number of furan rings is 1. The molecule has 0 saturated carbocycles. The number of aliphatic hydroxyl groups excluding tert-OH is 1. The monoisotopic (exact) mass is 324 g/mol. The molecule has 0 aliphatic rings. The molecule has 0 amide bonds. The standard InChI is InChI=1S/C20H17FO3/c1-4-13-9-10-14(21)11-16(13)18(22)19-12(3)15-7-6-8-17(23-5-2)20(15)24-19/h4,6-11,22H,1,3,5H2,2H3/b19-18-. The van der Waals surface area contributed by atoms with Crippen molar-refractivity contribution in [3.8, 4) is 5.75 Å². The van der Waals surface area contributed by atoms with Crippen LogP contribution in [0.25, 0.3) is 29.4 Å². The third-order valence-corrected chi connectivity index (χ3v) is 3.79. The smallest absolute Gasteiger partial charge is 0.177 e. The Bertz CT molecular complexity index is 1030. The first-order valence-corrected chi connectivity index (χ1v) is 7.55. The second kappa shape index (κ2) is 6.24. The van der Waals surface area contributed by atoms with Crippen LogP contribution in [0.5, 0.6) is 5.75 Å². The van der Waals surface area contributed by atoms with Gasteiger partial charge in [-0.05, 0) is 30.7 Å². The van der Waals surface area contributed by atoms with Gasteiger partial charge < -0.3 is 14.3 Å². The lowest BCUT2D eigenvalue weighted by atomic mass is 10.0. The molecule has 0 radical (unpaired) electrons. The van der Waals surface area contributed by atoms with Gasteiger partial charge in [-0.15, -0.1) is 0 Å². The normalized spacial score (nSPS) is 12.2. The third-order valence-electron chi connectivity index (χ3n) is 3.79. The fourth-order valence-corrected chi connectivity index (χ4v) is 2.64. The van der Waals surface area contributed by atoms with Gasteiger partial charge in [0.1, 0.15) is 5.82 Å². The van der Waals surface area contributed by atoms with Crippen molar-refractivity contribution in [2.45, 2.75) is 6.92 Å². The number of para-hydroxylation sites is 1. The van der Waals surface area contributed by atoms with Gasteiger partial charge >= 0.3 is 0 Å². The molecule has 3 aromatic rings. The number of hydrogen-bond acceptors (Lipinski definition) is 3. The topological polar surface area (TPSA) is 42.6 Å². The average Bonchev–Trinajstić information content (AvgIpc) is 2.93. The maximum absolute atomic E-state index is 13.6. The van der Waals surface area contributed by atoms with E-state index < -0.39 is 5.82 Å². The summed E-state index contributed by atoms with van der Waals surface area (Å²) in [5.74, 6) is -0.0749. The fraction of sp³-hybridized carbons (Fsp3) is 0.100. The summed E-state index contributed by atoms with van der Waals surface area (Å²) >= 11 is 0. The van der Waals surface area contributed by atoms with Gasteiger partial charge in [0, 0.05) is 16.2 Å². The van der Waals surface area contributed by atoms with Gasteiger partial charge in [0.2, 0.25) is 0 Å². The van der Waals surface area contributed by atoms with Crippen LogP contribution in [0, 0.1) is 5.82 Å². The predicted molar refractivity (Wildman–Crippen MR) is 93.8 cm³/mol. The molecule has 2 aromatic carbocycles. The molecule has 1 heterocycles. The van der Waals surface area contributed by atoms with Gasteiger partial charge in [-0.1, -0.05) is 37.4 Å². The van der Waals surface area contributed by atoms with Crippen LogP contribution >= 0.6 is 0 Å². The molecule has 0 saturated heterocycles. The summed E-state index contributed by atoms with van der Waals surface area (Å²) in [5, 5.41) is 11.9. The lowest BCUT2D eigenvalue weighted by Gasteiger charge is -2.04. The van der Waals surface area contributed by atoms with Crippen LogP contribution < -0.4 is 15.4 Å². The highest BCUT2D eigenvalue weighted by molar-refractivity contribution is 5.84. The Hall–Kier alpha value is -3.01. The molecule has 0 atom stereocenters. The Morgan fingerprint density at radius 2 is 2.12 bits per heavy atom. The van der Waals surface area contributed by atoms with Crippen LogP contribution in [0.3, 0.4) is 0 Å². The summed E-state index contributed by atoms with van der Waals surface area (Å²) < 4.78 is 25.0. The summed E-state index contributed by atoms with van der Waals surface area (Å²) in [7, 11) is 0. The first-order chi connectivity index (χ1) is 11.6. The number of ether oxygens (including phenoxy) is 1. The van der Waals surface area contributed by atoms with E-state index in [9.17, 15) is 9.50 Å². The second-order valence-electron chi connectivity index (χ2n) is 5.26. The van der Waals surface area contributed by atoms with Crippen molar-refractivity contribution in [3.63, 3.8) is 0 Å². The summed E-state index contributed by atoms with van der Waals surface area (Å²) in [4.78, 5) is 0. The Morgan fingerprint density at radius 3 is 2.83 bits per heavy atom. The molecule has 0 bridgehead atoms. The van der Waals surface area contributed by atoms with Crippen molar-refractivity contribution in [1.29, 1.82) is 0 Å². The van der Waals surface area contributed by atoms with Gasteiger partial charge in [-0.2, -0.15) is 0 Å². The molecule has 4 heteroatoms. The number of aliphatic hydroxyl groups is 1. The van der Waals surface area contributed by atoms with Crippen LogP contribution in [-0.2, 0) is 0 Å². The van der Waals surface area contributed by atoms with Crippen LogP contribution in [0.2, 0.25) is 0 Å². The molecule has 3 rings (SSSR count). The zero-order valence-electron chi connectivity index (χ0n) is 13.3. The Balaban J connectivity index is 2.36. The Kier molecular flexibility index (Phi) is 4.13. The second-order valence-corrected chi connectivity index (χ2v) is 5.26. The van der Waals surface area contributed by atoms with E-state index in [1.165, 1.54) is 12.1 Å². The van der Waals surface area contributed by atoms with Crippen molar-refractivity contribution >= 4 is 29.4 Å². The van der Waals surface area contributed by atoms with Gasteiger partial charge in [-0.3, -0.25) is 0 Å². The number of fused-ring (bicyclic) bond motifs is 1. The molecule has 24 heavy (non-hydrogen) atoms. The van der Waals surface area contributed by atoms with Gasteiger partial charge in [-0.25, -0.2) is 4.39 Å². The summed E-state index contributed by atoms with van der Waals surface area (Å²) in [6, 6.07) is 9.54. The van der Waals surface area contributed by atoms with Crippen LogP contribution in [0.15, 0.2) is 47.4 Å². The van der Waals surface area contributed by atoms with E-state index in [0.717, 1.165) is 5.39 Å². The number of halogens is 1. The minimum absolute atomic E-state index is 0.186. The largest absolute Gasteiger partial charge is 0.504 e. The van der Waals surface area contributed by atoms with E-state index in [4.69, 9.17) is 9.15 Å². The van der Waals surface area contributed by atoms with Crippen LogP contribution in [-0.4, -0.2) is 11.7 Å². The number of benzene rings is 2. The van der Waals surface area contributed by atoms with Gasteiger partial charge in [0.05, 0.1) is 6.61 Å². The highest BCUT2D eigenvalue weighted by atomic mass is 19.1. The minimum atomic E-state index is -0.459. The lowest BCUT2D eigenvalue weighted by molar-refractivity contribution is 0.337. The summed E-state index contributed by atoms with van der Waals surface area (Å²) in [6.45, 7) is 10.0. The SMILES string of the molecule is C=Cc1ccc(F)cc1/C(O)=c1/oc2c(OCC)cccc2c1=C. The van der Waals surface area contributed by atoms with E-state index in [1.54, 1.807) is 18.2 Å². The molecule has 122 valence electrons. The molecule has 0 aliphatic carbocycles. The third kappa shape index (κ3) is 2.56. The highest BCUT2D eigenvalue weighted by Crippen LogP contribution is 2.23. The molecular weight excluding hydrogens is 307 g/mol. The molecule has 0 aliphatic heterocycles. The highest BCUT2D eigenvalue weighted by Gasteiger charge is 2.14. The van der Waals surface area contributed by atoms with Crippen LogP contribution in [0.4, 0.5) is 4.39 Å². The molecule has 3 nitrogen and oxygen atoms in total. The van der Waals surface area contributed by atoms with E-state index >= 15 is 0 Å².